The lowest BCUT2D eigenvalue weighted by atomic mass is 10.3. The van der Waals surface area contributed by atoms with Crippen molar-refractivity contribution in [1.29, 1.82) is 0 Å². The van der Waals surface area contributed by atoms with Crippen molar-refractivity contribution in [3.8, 4) is 5.75 Å². The molecule has 0 unspecified atom stereocenters. The third-order valence-corrected chi connectivity index (χ3v) is 3.28. The Bertz CT molecular complexity index is 514. The average Bonchev–Trinajstić information content (AvgIpc) is 3.28. The summed E-state index contributed by atoms with van der Waals surface area (Å²) in [5, 5.41) is 0. The van der Waals surface area contributed by atoms with E-state index in [4.69, 9.17) is 15.2 Å². The number of amides is 1. The highest BCUT2D eigenvalue weighted by Crippen LogP contribution is 2.25. The molecule has 0 heterocycles. The lowest BCUT2D eigenvalue weighted by molar-refractivity contribution is -0.152. The number of anilines is 1. The van der Waals surface area contributed by atoms with Gasteiger partial charge in [-0.05, 0) is 25.0 Å². The third-order valence-electron chi connectivity index (χ3n) is 3.28. The first-order valence-corrected chi connectivity index (χ1v) is 6.96. The molecule has 0 atom stereocenters. The maximum absolute atomic E-state index is 11.7. The molecule has 0 radical (unpaired) electrons. The van der Waals surface area contributed by atoms with Crippen molar-refractivity contribution in [3.05, 3.63) is 24.3 Å². The normalized spacial score (nSPS) is 13.6. The number of nitrogens with two attached hydrogens (primary N) is 1. The van der Waals surface area contributed by atoms with Gasteiger partial charge >= 0.3 is 5.97 Å². The fourth-order valence-corrected chi connectivity index (χ4v) is 1.84. The second-order valence-electron chi connectivity index (χ2n) is 5.07. The number of carbonyl (C=O) groups excluding carboxylic acids is 2. The van der Waals surface area contributed by atoms with Crippen LogP contribution in [-0.2, 0) is 14.3 Å². The van der Waals surface area contributed by atoms with Crippen molar-refractivity contribution >= 4 is 17.6 Å². The molecule has 1 aromatic rings. The Morgan fingerprint density at radius 2 is 2.14 bits per heavy atom. The largest absolute Gasteiger partial charge is 0.493 e. The van der Waals surface area contributed by atoms with E-state index in [9.17, 15) is 9.59 Å². The van der Waals surface area contributed by atoms with Crippen molar-refractivity contribution < 1.29 is 19.1 Å². The van der Waals surface area contributed by atoms with Crippen LogP contribution in [-0.4, -0.2) is 43.1 Å². The van der Waals surface area contributed by atoms with E-state index >= 15 is 0 Å². The number of nitrogens with zero attached hydrogens (tertiary/aromatic N) is 1. The number of esters is 1. The van der Waals surface area contributed by atoms with E-state index in [0.717, 1.165) is 12.8 Å². The first-order valence-electron chi connectivity index (χ1n) is 6.96. The standard InChI is InChI=1S/C15H20N2O4/c1-17(12-5-6-12)14(18)10-21-15(19)7-8-20-13-4-2-3-11(16)9-13/h2-4,9,12H,5-8,10,16H2,1H3. The maximum atomic E-state index is 11.7. The van der Waals surface area contributed by atoms with Crippen LogP contribution in [0.2, 0.25) is 0 Å². The lowest BCUT2D eigenvalue weighted by Crippen LogP contribution is -2.33. The smallest absolute Gasteiger partial charge is 0.309 e. The van der Waals surface area contributed by atoms with E-state index in [1.54, 1.807) is 36.2 Å². The Balaban J connectivity index is 1.62. The molecular formula is C15H20N2O4. The minimum Gasteiger partial charge on any atom is -0.493 e. The van der Waals surface area contributed by atoms with Crippen LogP contribution < -0.4 is 10.5 Å². The Morgan fingerprint density at radius 1 is 1.38 bits per heavy atom. The molecule has 1 aliphatic carbocycles. The van der Waals surface area contributed by atoms with Gasteiger partial charge in [-0.2, -0.15) is 0 Å². The molecule has 1 saturated carbocycles. The molecule has 2 N–H and O–H groups in total. The fourth-order valence-electron chi connectivity index (χ4n) is 1.84. The van der Waals surface area contributed by atoms with Crippen LogP contribution in [0.3, 0.4) is 0 Å². The van der Waals surface area contributed by atoms with Gasteiger partial charge in [-0.15, -0.1) is 0 Å². The monoisotopic (exact) mass is 292 g/mol. The quantitative estimate of drug-likeness (QED) is 0.603. The molecule has 0 saturated heterocycles. The SMILES string of the molecule is CN(C(=O)COC(=O)CCOc1cccc(N)c1)C1CC1. The summed E-state index contributed by atoms with van der Waals surface area (Å²) < 4.78 is 10.3. The maximum Gasteiger partial charge on any atom is 0.309 e. The molecule has 0 bridgehead atoms. The molecule has 1 aliphatic rings. The van der Waals surface area contributed by atoms with Crippen molar-refractivity contribution in [1.82, 2.24) is 4.90 Å². The Hall–Kier alpha value is -2.24. The molecule has 1 fully saturated rings. The van der Waals surface area contributed by atoms with E-state index in [1.165, 1.54) is 0 Å². The molecule has 1 amide bonds. The van der Waals surface area contributed by atoms with E-state index < -0.39 is 5.97 Å². The van der Waals surface area contributed by atoms with E-state index in [2.05, 4.69) is 0 Å². The topological polar surface area (TPSA) is 81.9 Å². The van der Waals surface area contributed by atoms with Crippen LogP contribution >= 0.6 is 0 Å². The Labute approximate surface area is 123 Å². The molecule has 0 aromatic heterocycles. The zero-order chi connectivity index (χ0) is 15.2. The molecule has 6 heteroatoms. The molecular weight excluding hydrogens is 272 g/mol. The summed E-state index contributed by atoms with van der Waals surface area (Å²) in [6.45, 7) is -0.0148. The van der Waals surface area contributed by atoms with Crippen LogP contribution in [0.5, 0.6) is 5.75 Å². The van der Waals surface area contributed by atoms with Crippen molar-refractivity contribution in [2.24, 2.45) is 0 Å². The number of benzene rings is 1. The van der Waals surface area contributed by atoms with Gasteiger partial charge in [0.05, 0.1) is 13.0 Å². The minimum absolute atomic E-state index is 0.0925. The Morgan fingerprint density at radius 3 is 2.81 bits per heavy atom. The predicted octanol–water partition coefficient (Wildman–Crippen LogP) is 1.20. The Kier molecular flexibility index (Phi) is 5.03. The highest BCUT2D eigenvalue weighted by Gasteiger charge is 2.29. The van der Waals surface area contributed by atoms with E-state index in [1.807, 2.05) is 0 Å². The number of ether oxygens (including phenoxy) is 2. The third kappa shape index (κ3) is 4.98. The van der Waals surface area contributed by atoms with Gasteiger partial charge in [0.15, 0.2) is 6.61 Å². The first kappa shape index (κ1) is 15.2. The summed E-state index contributed by atoms with van der Waals surface area (Å²) in [6, 6.07) is 7.29. The van der Waals surface area contributed by atoms with Gasteiger partial charge in [-0.1, -0.05) is 6.07 Å². The molecule has 6 nitrogen and oxygen atoms in total. The van der Waals surface area contributed by atoms with Crippen LogP contribution in [0.15, 0.2) is 24.3 Å². The van der Waals surface area contributed by atoms with Gasteiger partial charge < -0.3 is 20.1 Å². The van der Waals surface area contributed by atoms with Crippen molar-refractivity contribution in [3.63, 3.8) is 0 Å². The van der Waals surface area contributed by atoms with Gasteiger partial charge in [0.2, 0.25) is 0 Å². The average molecular weight is 292 g/mol. The molecule has 0 spiro atoms. The van der Waals surface area contributed by atoms with Crippen LogP contribution in [0.25, 0.3) is 0 Å². The second-order valence-corrected chi connectivity index (χ2v) is 5.07. The number of rotatable bonds is 7. The second kappa shape index (κ2) is 6.97. The summed E-state index contributed by atoms with van der Waals surface area (Å²) in [4.78, 5) is 24.8. The van der Waals surface area contributed by atoms with Gasteiger partial charge in [-0.25, -0.2) is 0 Å². The number of hydrogen-bond acceptors (Lipinski definition) is 5. The molecule has 21 heavy (non-hydrogen) atoms. The summed E-state index contributed by atoms with van der Waals surface area (Å²) >= 11 is 0. The van der Waals surface area contributed by atoms with Gasteiger partial charge in [0.1, 0.15) is 5.75 Å². The summed E-state index contributed by atoms with van der Waals surface area (Å²) in [7, 11) is 1.73. The van der Waals surface area contributed by atoms with E-state index in [-0.39, 0.29) is 25.5 Å². The van der Waals surface area contributed by atoms with Crippen molar-refractivity contribution in [2.75, 3.05) is 26.0 Å². The van der Waals surface area contributed by atoms with Gasteiger partial charge in [0.25, 0.3) is 5.91 Å². The van der Waals surface area contributed by atoms with Crippen molar-refractivity contribution in [2.45, 2.75) is 25.3 Å². The number of hydrogen-bond donors (Lipinski definition) is 1. The number of carbonyl (C=O) groups is 2. The molecule has 0 aliphatic heterocycles. The van der Waals surface area contributed by atoms with Crippen LogP contribution in [0, 0.1) is 0 Å². The molecule has 2 rings (SSSR count). The molecule has 1 aromatic carbocycles. The predicted molar refractivity (Wildman–Crippen MR) is 77.7 cm³/mol. The zero-order valence-electron chi connectivity index (χ0n) is 12.1. The highest BCUT2D eigenvalue weighted by molar-refractivity contribution is 5.80. The highest BCUT2D eigenvalue weighted by atomic mass is 16.5. The minimum atomic E-state index is -0.448. The van der Waals surface area contributed by atoms with E-state index in [0.29, 0.717) is 17.5 Å². The molecule has 114 valence electrons. The first-order chi connectivity index (χ1) is 10.1. The lowest BCUT2D eigenvalue weighted by Gasteiger charge is -2.15. The summed E-state index contributed by atoms with van der Waals surface area (Å²) in [6.07, 6.45) is 2.16. The number of likely N-dealkylation sites (N-methyl/N-ethyl adjacent to an activating group) is 1. The van der Waals surface area contributed by atoms with Crippen LogP contribution in [0.1, 0.15) is 19.3 Å². The summed E-state index contributed by atoms with van der Waals surface area (Å²) in [5.74, 6) is -0.00797. The van der Waals surface area contributed by atoms with Gasteiger partial charge in [-0.3, -0.25) is 9.59 Å². The van der Waals surface area contributed by atoms with Crippen LogP contribution in [0.4, 0.5) is 5.69 Å². The fraction of sp³-hybridized carbons (Fsp3) is 0.467. The summed E-state index contributed by atoms with van der Waals surface area (Å²) in [5.41, 5.74) is 6.22. The van der Waals surface area contributed by atoms with Gasteiger partial charge in [0, 0.05) is 24.8 Å². The number of nitrogen functional groups attached to an aromatic ring is 1. The zero-order valence-corrected chi connectivity index (χ0v) is 12.1.